The summed E-state index contributed by atoms with van der Waals surface area (Å²) in [6.45, 7) is 4.22. The Morgan fingerprint density at radius 2 is 2.06 bits per heavy atom. The van der Waals surface area contributed by atoms with Crippen molar-refractivity contribution < 1.29 is 0 Å². The van der Waals surface area contributed by atoms with Gasteiger partial charge in [-0.25, -0.2) is 4.98 Å². The Bertz CT molecular complexity index is 366. The lowest BCUT2D eigenvalue weighted by Gasteiger charge is -2.22. The second-order valence-corrected chi connectivity index (χ2v) is 6.42. The zero-order valence-electron chi connectivity index (χ0n) is 11.7. The number of hydrogen-bond donors (Lipinski definition) is 1. The number of pyridine rings is 1. The zero-order valence-corrected chi connectivity index (χ0v) is 12.5. The maximum absolute atomic E-state index is 4.60. The first kappa shape index (κ1) is 13.9. The molecule has 0 radical (unpaired) electrons. The Morgan fingerprint density at radius 1 is 1.33 bits per heavy atom. The van der Waals surface area contributed by atoms with Crippen LogP contribution in [0.3, 0.4) is 0 Å². The Balaban J connectivity index is 1.92. The summed E-state index contributed by atoms with van der Waals surface area (Å²) in [5.41, 5.74) is 2.44. The van der Waals surface area contributed by atoms with Gasteiger partial charge in [0, 0.05) is 17.5 Å². The quantitative estimate of drug-likeness (QED) is 0.823. The highest BCUT2D eigenvalue weighted by atomic mass is 32.2. The molecule has 18 heavy (non-hydrogen) atoms. The molecule has 1 atom stereocenters. The van der Waals surface area contributed by atoms with Gasteiger partial charge < -0.3 is 5.32 Å². The van der Waals surface area contributed by atoms with E-state index in [0.29, 0.717) is 6.04 Å². The number of rotatable bonds is 5. The van der Waals surface area contributed by atoms with Gasteiger partial charge >= 0.3 is 0 Å². The number of nitrogens with zero attached hydrogens (tertiary/aromatic N) is 1. The van der Waals surface area contributed by atoms with Crippen molar-refractivity contribution in [2.45, 2.75) is 50.6 Å². The molecule has 0 amide bonds. The summed E-state index contributed by atoms with van der Waals surface area (Å²) in [7, 11) is 2.10. The summed E-state index contributed by atoms with van der Waals surface area (Å²) >= 11 is 1.89. The Kier molecular flexibility index (Phi) is 5.07. The predicted octanol–water partition coefficient (Wildman–Crippen LogP) is 3.57. The van der Waals surface area contributed by atoms with Gasteiger partial charge in [-0.3, -0.25) is 0 Å². The minimum absolute atomic E-state index is 0.639. The molecular weight excluding hydrogens is 240 g/mol. The lowest BCUT2D eigenvalue weighted by Crippen LogP contribution is -2.34. The van der Waals surface area contributed by atoms with Crippen LogP contribution in [0, 0.1) is 19.8 Å². The van der Waals surface area contributed by atoms with Crippen LogP contribution in [0.4, 0.5) is 0 Å². The topological polar surface area (TPSA) is 24.9 Å². The van der Waals surface area contributed by atoms with E-state index in [-0.39, 0.29) is 0 Å². The summed E-state index contributed by atoms with van der Waals surface area (Å²) in [5.74, 6) is 2.00. The highest BCUT2D eigenvalue weighted by Gasteiger charge is 2.23. The predicted molar refractivity (Wildman–Crippen MR) is 79.2 cm³/mol. The van der Waals surface area contributed by atoms with Gasteiger partial charge in [-0.05, 0) is 57.4 Å². The van der Waals surface area contributed by atoms with E-state index in [1.165, 1.54) is 36.3 Å². The monoisotopic (exact) mass is 264 g/mol. The van der Waals surface area contributed by atoms with E-state index in [1.807, 2.05) is 11.8 Å². The number of aryl methyl sites for hydroxylation is 2. The van der Waals surface area contributed by atoms with Crippen LogP contribution in [0.2, 0.25) is 0 Å². The summed E-state index contributed by atoms with van der Waals surface area (Å²) in [6.07, 6.45) is 5.61. The molecule has 2 nitrogen and oxygen atoms in total. The Labute approximate surface area is 115 Å². The van der Waals surface area contributed by atoms with Crippen LogP contribution < -0.4 is 5.32 Å². The van der Waals surface area contributed by atoms with E-state index in [2.05, 4.69) is 43.3 Å². The van der Waals surface area contributed by atoms with Crippen LogP contribution in [0.5, 0.6) is 0 Å². The fraction of sp³-hybridized carbons (Fsp3) is 0.667. The van der Waals surface area contributed by atoms with Gasteiger partial charge in [0.1, 0.15) is 0 Å². The molecule has 1 aromatic rings. The highest BCUT2D eigenvalue weighted by Crippen LogP contribution is 2.30. The molecule has 2 rings (SSSR count). The van der Waals surface area contributed by atoms with Crippen molar-refractivity contribution >= 4 is 11.8 Å². The molecule has 1 aliphatic rings. The van der Waals surface area contributed by atoms with Gasteiger partial charge in [0.15, 0.2) is 0 Å². The van der Waals surface area contributed by atoms with Crippen molar-refractivity contribution in [3.8, 4) is 0 Å². The first-order chi connectivity index (χ1) is 8.69. The molecule has 1 N–H and O–H groups in total. The van der Waals surface area contributed by atoms with Crippen LogP contribution in [0.25, 0.3) is 0 Å². The third-order valence-electron chi connectivity index (χ3n) is 3.82. The van der Waals surface area contributed by atoms with E-state index >= 15 is 0 Å². The summed E-state index contributed by atoms with van der Waals surface area (Å²) in [5, 5.41) is 4.67. The third kappa shape index (κ3) is 3.72. The van der Waals surface area contributed by atoms with Crippen molar-refractivity contribution in [1.29, 1.82) is 0 Å². The molecule has 1 saturated carbocycles. The molecule has 3 heteroatoms. The van der Waals surface area contributed by atoms with Crippen molar-refractivity contribution in [1.82, 2.24) is 10.3 Å². The standard InChI is InChI=1S/C15H24N2S/c1-11-8-12(2)17-15(9-11)18-10-14(16-3)13-6-4-5-7-13/h8-9,13-14,16H,4-7,10H2,1-3H3. The van der Waals surface area contributed by atoms with Gasteiger partial charge in [-0.15, -0.1) is 11.8 Å². The second-order valence-electron chi connectivity index (χ2n) is 5.37. The van der Waals surface area contributed by atoms with Crippen LogP contribution in [0.1, 0.15) is 36.9 Å². The largest absolute Gasteiger partial charge is 0.316 e. The van der Waals surface area contributed by atoms with Crippen LogP contribution >= 0.6 is 11.8 Å². The SMILES string of the molecule is CNC(CSc1cc(C)cc(C)n1)C1CCCC1. The van der Waals surface area contributed by atoms with Crippen molar-refractivity contribution in [3.63, 3.8) is 0 Å². The lowest BCUT2D eigenvalue weighted by molar-refractivity contribution is 0.410. The second kappa shape index (κ2) is 6.58. The van der Waals surface area contributed by atoms with E-state index < -0.39 is 0 Å². The van der Waals surface area contributed by atoms with Gasteiger partial charge in [-0.1, -0.05) is 12.8 Å². The number of aromatic nitrogens is 1. The third-order valence-corrected chi connectivity index (χ3v) is 4.86. The van der Waals surface area contributed by atoms with Crippen LogP contribution in [0.15, 0.2) is 17.2 Å². The van der Waals surface area contributed by atoms with Crippen LogP contribution in [-0.4, -0.2) is 23.8 Å². The first-order valence-electron chi connectivity index (χ1n) is 6.94. The number of thioether (sulfide) groups is 1. The lowest BCUT2D eigenvalue weighted by atomic mass is 10.0. The molecule has 0 aliphatic heterocycles. The van der Waals surface area contributed by atoms with Crippen molar-refractivity contribution in [2.75, 3.05) is 12.8 Å². The van der Waals surface area contributed by atoms with Gasteiger partial charge in [0.2, 0.25) is 0 Å². The molecule has 1 fully saturated rings. The van der Waals surface area contributed by atoms with Gasteiger partial charge in [0.05, 0.1) is 5.03 Å². The molecule has 1 unspecified atom stereocenters. The average Bonchev–Trinajstić information content (AvgIpc) is 2.82. The number of hydrogen-bond acceptors (Lipinski definition) is 3. The molecule has 100 valence electrons. The minimum Gasteiger partial charge on any atom is -0.316 e. The number of nitrogens with one attached hydrogen (secondary N) is 1. The van der Waals surface area contributed by atoms with E-state index in [1.54, 1.807) is 0 Å². The molecule has 0 aromatic carbocycles. The van der Waals surface area contributed by atoms with E-state index in [4.69, 9.17) is 0 Å². The van der Waals surface area contributed by atoms with Gasteiger partial charge in [0.25, 0.3) is 0 Å². The van der Waals surface area contributed by atoms with E-state index in [0.717, 1.165) is 17.4 Å². The smallest absolute Gasteiger partial charge is 0.0966 e. The highest BCUT2D eigenvalue weighted by molar-refractivity contribution is 7.99. The summed E-state index contributed by atoms with van der Waals surface area (Å²) < 4.78 is 0. The van der Waals surface area contributed by atoms with E-state index in [9.17, 15) is 0 Å². The molecule has 0 bridgehead atoms. The summed E-state index contributed by atoms with van der Waals surface area (Å²) in [6, 6.07) is 4.97. The molecule has 0 saturated heterocycles. The maximum Gasteiger partial charge on any atom is 0.0966 e. The van der Waals surface area contributed by atoms with Crippen molar-refractivity contribution in [2.24, 2.45) is 5.92 Å². The maximum atomic E-state index is 4.60. The fourth-order valence-electron chi connectivity index (χ4n) is 2.87. The van der Waals surface area contributed by atoms with Gasteiger partial charge in [-0.2, -0.15) is 0 Å². The Morgan fingerprint density at radius 3 is 2.67 bits per heavy atom. The fourth-order valence-corrected chi connectivity index (χ4v) is 4.14. The first-order valence-corrected chi connectivity index (χ1v) is 7.93. The molecule has 1 aliphatic carbocycles. The molecule has 1 aromatic heterocycles. The minimum atomic E-state index is 0.639. The zero-order chi connectivity index (χ0) is 13.0. The van der Waals surface area contributed by atoms with Crippen molar-refractivity contribution in [3.05, 3.63) is 23.4 Å². The average molecular weight is 264 g/mol. The molecule has 1 heterocycles. The van der Waals surface area contributed by atoms with Crippen LogP contribution in [-0.2, 0) is 0 Å². The summed E-state index contributed by atoms with van der Waals surface area (Å²) in [4.78, 5) is 4.60. The molecular formula is C15H24N2S. The molecule has 0 spiro atoms. The normalized spacial score (nSPS) is 18.2. The Hall–Kier alpha value is -0.540.